The van der Waals surface area contributed by atoms with Crippen molar-refractivity contribution in [2.45, 2.75) is 44.9 Å². The van der Waals surface area contributed by atoms with Crippen molar-refractivity contribution in [2.75, 3.05) is 4.31 Å². The number of rotatable bonds is 5. The molecule has 6 nitrogen and oxygen atoms in total. The van der Waals surface area contributed by atoms with Crippen LogP contribution in [-0.4, -0.2) is 19.3 Å². The fraction of sp³-hybridized carbons (Fsp3) is 0.381. The molecule has 1 heterocycles. The first kappa shape index (κ1) is 18.8. The van der Waals surface area contributed by atoms with Crippen LogP contribution in [0.4, 0.5) is 5.69 Å². The highest BCUT2D eigenvalue weighted by Crippen LogP contribution is 2.35. The molecule has 2 aromatic rings. The van der Waals surface area contributed by atoms with Crippen LogP contribution in [0.3, 0.4) is 0 Å². The first-order valence-corrected chi connectivity index (χ1v) is 11.1. The molecule has 0 aromatic heterocycles. The van der Waals surface area contributed by atoms with E-state index in [1.807, 2.05) is 18.2 Å². The van der Waals surface area contributed by atoms with Crippen molar-refractivity contribution in [3.05, 3.63) is 48.3 Å². The van der Waals surface area contributed by atoms with Gasteiger partial charge >= 0.3 is 10.2 Å². The summed E-state index contributed by atoms with van der Waals surface area (Å²) in [4.78, 5) is 12.0. The van der Waals surface area contributed by atoms with Gasteiger partial charge in [-0.3, -0.25) is 9.52 Å². The zero-order valence-corrected chi connectivity index (χ0v) is 16.4. The molecule has 2 aromatic carbocycles. The van der Waals surface area contributed by atoms with Crippen molar-refractivity contribution in [2.24, 2.45) is 5.92 Å². The molecule has 1 aliphatic carbocycles. The van der Waals surface area contributed by atoms with E-state index in [4.69, 9.17) is 0 Å². The number of anilines is 1. The number of phenols is 1. The smallest absolute Gasteiger partial charge is 0.327 e. The molecule has 1 fully saturated rings. The van der Waals surface area contributed by atoms with Gasteiger partial charge in [0.1, 0.15) is 17.2 Å². The number of nitrogens with one attached hydrogen (secondary N) is 1. The minimum absolute atomic E-state index is 0.0898. The second kappa shape index (κ2) is 7.47. The average Bonchev–Trinajstić information content (AvgIpc) is 3.02. The predicted octanol–water partition coefficient (Wildman–Crippen LogP) is 3.75. The van der Waals surface area contributed by atoms with E-state index in [2.05, 4.69) is 4.72 Å². The molecular weight excluding hydrogens is 376 g/mol. The number of nitrogens with zero attached hydrogens (tertiary/aromatic N) is 1. The van der Waals surface area contributed by atoms with E-state index in [1.165, 1.54) is 12.4 Å². The largest absolute Gasteiger partial charge is 0.506 e. The maximum atomic E-state index is 12.0. The Kier molecular flexibility index (Phi) is 5.02. The third-order valence-electron chi connectivity index (χ3n) is 5.62. The average molecular weight is 401 g/mol. The maximum Gasteiger partial charge on any atom is 0.327 e. The summed E-state index contributed by atoms with van der Waals surface area (Å²) in [6.07, 6.45) is 9.40. The molecule has 1 atom stereocenters. The van der Waals surface area contributed by atoms with Crippen LogP contribution in [0.15, 0.2) is 42.7 Å². The summed E-state index contributed by atoms with van der Waals surface area (Å²) in [5.74, 6) is 0.545. The van der Waals surface area contributed by atoms with Crippen molar-refractivity contribution in [1.82, 2.24) is 4.72 Å². The number of aryl methyl sites for hydroxylation is 1. The molecular formula is C21H24N2O4S. The van der Waals surface area contributed by atoms with E-state index >= 15 is 0 Å². The molecule has 2 aliphatic rings. The molecule has 0 saturated heterocycles. The molecule has 4 rings (SSSR count). The summed E-state index contributed by atoms with van der Waals surface area (Å²) < 4.78 is 27.4. The minimum Gasteiger partial charge on any atom is -0.506 e. The molecule has 0 amide bonds. The Labute approximate surface area is 165 Å². The van der Waals surface area contributed by atoms with Gasteiger partial charge in [-0.2, -0.15) is 8.42 Å². The van der Waals surface area contributed by atoms with Crippen molar-refractivity contribution < 1.29 is 18.3 Å². The van der Waals surface area contributed by atoms with Crippen LogP contribution in [-0.2, 0) is 21.4 Å². The lowest BCUT2D eigenvalue weighted by Gasteiger charge is -2.20. The molecule has 2 N–H and O–H groups in total. The molecule has 1 aliphatic heterocycles. The number of phenolic OH excluding ortho intramolecular Hbond substituents is 1. The number of hydrogen-bond acceptors (Lipinski definition) is 4. The number of hydrogen-bond donors (Lipinski definition) is 2. The van der Waals surface area contributed by atoms with Crippen LogP contribution in [0.5, 0.6) is 5.75 Å². The molecule has 0 bridgehead atoms. The van der Waals surface area contributed by atoms with Crippen molar-refractivity contribution in [3.8, 4) is 5.75 Å². The highest BCUT2D eigenvalue weighted by molar-refractivity contribution is 7.91. The Balaban J connectivity index is 1.52. The Morgan fingerprint density at radius 3 is 2.75 bits per heavy atom. The summed E-state index contributed by atoms with van der Waals surface area (Å²) in [5.41, 5.74) is 1.36. The Morgan fingerprint density at radius 2 is 2.00 bits per heavy atom. The third kappa shape index (κ3) is 3.71. The number of fused-ring (bicyclic) bond motifs is 1. The van der Waals surface area contributed by atoms with Gasteiger partial charge in [0.15, 0.2) is 0 Å². The second-order valence-electron chi connectivity index (χ2n) is 7.56. The summed E-state index contributed by atoms with van der Waals surface area (Å²) in [5, 5.41) is 12.0. The Hall–Kier alpha value is -2.54. The lowest BCUT2D eigenvalue weighted by atomic mass is 9.84. The van der Waals surface area contributed by atoms with Gasteiger partial charge in [0, 0.05) is 24.7 Å². The third-order valence-corrected chi connectivity index (χ3v) is 6.89. The number of ketones is 1. The highest BCUT2D eigenvalue weighted by atomic mass is 32.2. The topological polar surface area (TPSA) is 86.7 Å². The highest BCUT2D eigenvalue weighted by Gasteiger charge is 2.26. The Morgan fingerprint density at radius 1 is 1.14 bits per heavy atom. The lowest BCUT2D eigenvalue weighted by molar-refractivity contribution is -0.124. The molecule has 28 heavy (non-hydrogen) atoms. The molecule has 0 radical (unpaired) electrons. The number of benzene rings is 2. The summed E-state index contributed by atoms with van der Waals surface area (Å²) in [6, 6.07) is 9.26. The minimum atomic E-state index is -3.69. The van der Waals surface area contributed by atoms with Gasteiger partial charge in [0.25, 0.3) is 0 Å². The maximum absolute atomic E-state index is 12.0. The van der Waals surface area contributed by atoms with Gasteiger partial charge in [-0.05, 0) is 60.6 Å². The Bertz CT molecular complexity index is 1050. The van der Waals surface area contributed by atoms with E-state index in [9.17, 15) is 18.3 Å². The van der Waals surface area contributed by atoms with Crippen LogP contribution in [0.2, 0.25) is 0 Å². The van der Waals surface area contributed by atoms with E-state index in [1.54, 1.807) is 12.1 Å². The fourth-order valence-corrected chi connectivity index (χ4v) is 5.07. The van der Waals surface area contributed by atoms with Gasteiger partial charge in [0.2, 0.25) is 0 Å². The summed E-state index contributed by atoms with van der Waals surface area (Å²) >= 11 is 0. The van der Waals surface area contributed by atoms with E-state index in [0.717, 1.165) is 65.6 Å². The molecule has 148 valence electrons. The molecule has 0 spiro atoms. The van der Waals surface area contributed by atoms with Crippen LogP contribution in [0.25, 0.3) is 10.8 Å². The number of carbonyl (C=O) groups is 1. The van der Waals surface area contributed by atoms with Gasteiger partial charge in [-0.25, -0.2) is 4.31 Å². The molecule has 1 unspecified atom stereocenters. The van der Waals surface area contributed by atoms with Crippen LogP contribution in [0, 0.1) is 5.92 Å². The van der Waals surface area contributed by atoms with Crippen LogP contribution in [0.1, 0.15) is 44.1 Å². The van der Waals surface area contributed by atoms with E-state index in [0.29, 0.717) is 5.78 Å². The first-order valence-electron chi connectivity index (χ1n) is 9.71. The van der Waals surface area contributed by atoms with E-state index < -0.39 is 10.2 Å². The van der Waals surface area contributed by atoms with Crippen LogP contribution < -0.4 is 9.03 Å². The van der Waals surface area contributed by atoms with Gasteiger partial charge in [0.05, 0.1) is 0 Å². The summed E-state index contributed by atoms with van der Waals surface area (Å²) in [6.45, 7) is 0. The van der Waals surface area contributed by atoms with Crippen LogP contribution >= 0.6 is 0 Å². The molecule has 7 heteroatoms. The number of carbonyl (C=O) groups excluding carboxylic acids is 1. The zero-order valence-electron chi connectivity index (χ0n) is 15.6. The van der Waals surface area contributed by atoms with Crippen molar-refractivity contribution >= 4 is 32.5 Å². The first-order chi connectivity index (χ1) is 13.4. The predicted molar refractivity (Wildman–Crippen MR) is 109 cm³/mol. The quantitative estimate of drug-likeness (QED) is 0.800. The van der Waals surface area contributed by atoms with Gasteiger partial charge < -0.3 is 5.11 Å². The van der Waals surface area contributed by atoms with E-state index in [-0.39, 0.29) is 17.4 Å². The van der Waals surface area contributed by atoms with Crippen molar-refractivity contribution in [1.29, 1.82) is 0 Å². The number of Topliss-reactive ketones (excluding diaryl/α,β-unsaturated/α-hetero) is 1. The zero-order chi connectivity index (χ0) is 19.7. The second-order valence-corrected chi connectivity index (χ2v) is 9.14. The fourth-order valence-electron chi connectivity index (χ4n) is 4.10. The number of aromatic hydroxyl groups is 1. The summed E-state index contributed by atoms with van der Waals surface area (Å²) in [7, 11) is -3.69. The normalized spacial score (nSPS) is 21.2. The monoisotopic (exact) mass is 400 g/mol. The molecule has 1 saturated carbocycles. The van der Waals surface area contributed by atoms with Gasteiger partial charge in [-0.15, -0.1) is 0 Å². The lowest BCUT2D eigenvalue weighted by Crippen LogP contribution is -2.28. The SMILES string of the molecule is O=C1CCCCC1CCCc1ccc2cc(O)c(N3C=CNS3(=O)=O)cc2c1. The van der Waals surface area contributed by atoms with Gasteiger partial charge in [-0.1, -0.05) is 24.6 Å². The standard InChI is InChI=1S/C21H24N2O4S/c24-20-7-2-1-5-16(20)6-3-4-15-8-9-17-14-21(25)19(13-18(17)12-15)23-11-10-22-28(23,26)27/h8-14,16,22,25H,1-7H2. The van der Waals surface area contributed by atoms with Crippen molar-refractivity contribution in [3.63, 3.8) is 0 Å².